The van der Waals surface area contributed by atoms with Gasteiger partial charge < -0.3 is 15.4 Å². The number of alkyl carbamates (subject to hydrolysis) is 1. The number of ketones is 1. The molecule has 2 N–H and O–H groups in total. The van der Waals surface area contributed by atoms with E-state index in [9.17, 15) is 14.4 Å². The number of amides is 2. The van der Waals surface area contributed by atoms with Crippen molar-refractivity contribution in [3.05, 3.63) is 35.9 Å². The van der Waals surface area contributed by atoms with E-state index in [0.29, 0.717) is 32.4 Å². The predicted octanol–water partition coefficient (Wildman–Crippen LogP) is 13.0. The van der Waals surface area contributed by atoms with Gasteiger partial charge in [-0.2, -0.15) is 0 Å². The molecule has 0 radical (unpaired) electrons. The fourth-order valence-corrected chi connectivity index (χ4v) is 6.84. The maximum atomic E-state index is 13.2. The summed E-state index contributed by atoms with van der Waals surface area (Å²) in [4.78, 5) is 38.2. The van der Waals surface area contributed by atoms with Crippen molar-refractivity contribution in [3.63, 3.8) is 0 Å². The quantitative estimate of drug-likeness (QED) is 0.0673. The Bertz CT molecular complexity index is 937. The molecule has 1 rings (SSSR count). The van der Waals surface area contributed by atoms with Crippen LogP contribution in [0, 0.1) is 5.92 Å². The van der Waals surface area contributed by atoms with E-state index in [1.54, 1.807) is 0 Å². The summed E-state index contributed by atoms with van der Waals surface area (Å²) in [5.74, 6) is -0.0561. The van der Waals surface area contributed by atoms with Crippen LogP contribution < -0.4 is 10.6 Å². The maximum absolute atomic E-state index is 13.2. The lowest BCUT2D eigenvalue weighted by molar-refractivity contribution is -0.129. The van der Waals surface area contributed by atoms with Crippen molar-refractivity contribution in [1.82, 2.24) is 10.6 Å². The van der Waals surface area contributed by atoms with Crippen LogP contribution in [0.15, 0.2) is 30.3 Å². The van der Waals surface area contributed by atoms with Gasteiger partial charge in [-0.3, -0.25) is 9.59 Å². The molecule has 1 atom stereocenters. The Balaban J connectivity index is 2.26. The lowest BCUT2D eigenvalue weighted by Gasteiger charge is -2.17. The second-order valence-electron chi connectivity index (χ2n) is 15.1. The third-order valence-electron chi connectivity index (χ3n) is 10.2. The number of ether oxygens (including phenoxy) is 1. The summed E-state index contributed by atoms with van der Waals surface area (Å²) in [6.45, 7) is 5.96. The molecule has 0 heterocycles. The number of carbonyl (C=O) groups excluding carboxylic acids is 3. The number of rotatable bonds is 37. The van der Waals surface area contributed by atoms with Gasteiger partial charge in [-0.1, -0.05) is 198 Å². The van der Waals surface area contributed by atoms with Gasteiger partial charge >= 0.3 is 6.09 Å². The Morgan fingerprint density at radius 2 is 0.961 bits per heavy atom. The van der Waals surface area contributed by atoms with Gasteiger partial charge in [0.25, 0.3) is 0 Å². The molecule has 0 spiro atoms. The van der Waals surface area contributed by atoms with Crippen LogP contribution in [0.25, 0.3) is 0 Å². The molecule has 0 saturated heterocycles. The monoisotopic (exact) mass is 713 g/mol. The highest BCUT2D eigenvalue weighted by Gasteiger charge is 2.21. The Kier molecular flexibility index (Phi) is 32.9. The topological polar surface area (TPSA) is 84.5 Å². The fraction of sp³-hybridized carbons (Fsp3) is 0.800. The van der Waals surface area contributed by atoms with E-state index in [1.807, 2.05) is 30.3 Å². The summed E-state index contributed by atoms with van der Waals surface area (Å²) in [6, 6.07) is 9.63. The zero-order valence-electron chi connectivity index (χ0n) is 33.4. The minimum atomic E-state index is -0.427. The van der Waals surface area contributed by atoms with Crippen LogP contribution in [0.3, 0.4) is 0 Å². The second kappa shape index (κ2) is 36.0. The van der Waals surface area contributed by atoms with Gasteiger partial charge in [0, 0.05) is 31.8 Å². The number of hydrogen-bond acceptors (Lipinski definition) is 4. The van der Waals surface area contributed by atoms with E-state index in [0.717, 1.165) is 44.1 Å². The highest BCUT2D eigenvalue weighted by Crippen LogP contribution is 2.18. The van der Waals surface area contributed by atoms with Crippen LogP contribution >= 0.6 is 0 Å². The number of benzene rings is 1. The van der Waals surface area contributed by atoms with E-state index in [4.69, 9.17) is 4.74 Å². The van der Waals surface area contributed by atoms with E-state index in [-0.39, 0.29) is 24.2 Å². The summed E-state index contributed by atoms with van der Waals surface area (Å²) in [7, 11) is 0. The lowest BCUT2D eigenvalue weighted by atomic mass is 9.93. The van der Waals surface area contributed by atoms with E-state index in [2.05, 4.69) is 24.5 Å². The zero-order chi connectivity index (χ0) is 36.9. The maximum Gasteiger partial charge on any atom is 0.407 e. The smallest absolute Gasteiger partial charge is 0.407 e. The molecule has 0 unspecified atom stereocenters. The molecule has 0 aromatic heterocycles. The van der Waals surface area contributed by atoms with Crippen molar-refractivity contribution in [2.75, 3.05) is 13.1 Å². The summed E-state index contributed by atoms with van der Waals surface area (Å²) in [6.07, 6.45) is 35.0. The summed E-state index contributed by atoms with van der Waals surface area (Å²) >= 11 is 0. The van der Waals surface area contributed by atoms with Crippen molar-refractivity contribution < 1.29 is 19.1 Å². The molecular formula is C45H80N2O4. The molecule has 0 bridgehead atoms. The van der Waals surface area contributed by atoms with Gasteiger partial charge in [0.05, 0.1) is 0 Å². The second-order valence-corrected chi connectivity index (χ2v) is 15.1. The molecule has 51 heavy (non-hydrogen) atoms. The van der Waals surface area contributed by atoms with Gasteiger partial charge in [-0.05, 0) is 31.2 Å². The number of unbranched alkanes of at least 4 members (excludes halogenated alkanes) is 24. The van der Waals surface area contributed by atoms with Crippen molar-refractivity contribution in [3.8, 4) is 0 Å². The van der Waals surface area contributed by atoms with Gasteiger partial charge in [0.1, 0.15) is 12.4 Å². The Morgan fingerprint density at radius 1 is 0.529 bits per heavy atom. The molecular weight excluding hydrogens is 633 g/mol. The average molecular weight is 713 g/mol. The largest absolute Gasteiger partial charge is 0.445 e. The predicted molar refractivity (Wildman–Crippen MR) is 216 cm³/mol. The molecule has 0 fully saturated rings. The van der Waals surface area contributed by atoms with Crippen LogP contribution in [-0.4, -0.2) is 30.9 Å². The standard InChI is InChI=1S/C45H80N2O4/c1-3-5-7-9-11-13-15-16-17-18-19-20-22-24-29-36-43(48)39-42(44(49)46-37-31-25-23-21-14-12-10-8-6-4-2)35-30-32-38-47-45(50)51-40-41-33-27-26-28-34-41/h26-28,33-34,42H,3-25,29-32,35-40H2,1-2H3,(H,46,49)(H,47,50)/t42-/m1/s1. The van der Waals surface area contributed by atoms with E-state index in [1.165, 1.54) is 135 Å². The first-order chi connectivity index (χ1) is 25.1. The average Bonchev–Trinajstić information content (AvgIpc) is 3.14. The molecule has 1 aromatic rings. The molecule has 6 heteroatoms. The van der Waals surface area contributed by atoms with E-state index < -0.39 is 6.09 Å². The molecule has 2 amide bonds. The van der Waals surface area contributed by atoms with Crippen LogP contribution in [0.4, 0.5) is 4.79 Å². The number of carbonyl (C=O) groups is 3. The number of hydrogen-bond donors (Lipinski definition) is 2. The highest BCUT2D eigenvalue weighted by molar-refractivity contribution is 5.86. The minimum Gasteiger partial charge on any atom is -0.445 e. The van der Waals surface area contributed by atoms with Crippen molar-refractivity contribution in [2.45, 2.75) is 213 Å². The van der Waals surface area contributed by atoms with Crippen molar-refractivity contribution >= 4 is 17.8 Å². The van der Waals surface area contributed by atoms with Crippen molar-refractivity contribution in [1.29, 1.82) is 0 Å². The van der Waals surface area contributed by atoms with Crippen LogP contribution in [0.5, 0.6) is 0 Å². The third-order valence-corrected chi connectivity index (χ3v) is 10.2. The van der Waals surface area contributed by atoms with Gasteiger partial charge in [-0.15, -0.1) is 0 Å². The van der Waals surface area contributed by atoms with Crippen LogP contribution in [0.2, 0.25) is 0 Å². The Labute approximate surface area is 314 Å². The van der Waals surface area contributed by atoms with Gasteiger partial charge in [-0.25, -0.2) is 4.79 Å². The van der Waals surface area contributed by atoms with Gasteiger partial charge in [0.15, 0.2) is 0 Å². The summed E-state index contributed by atoms with van der Waals surface area (Å²) < 4.78 is 5.30. The van der Waals surface area contributed by atoms with E-state index >= 15 is 0 Å². The molecule has 294 valence electrons. The fourth-order valence-electron chi connectivity index (χ4n) is 6.84. The Hall–Kier alpha value is -2.37. The van der Waals surface area contributed by atoms with Crippen molar-refractivity contribution in [2.24, 2.45) is 5.92 Å². The lowest BCUT2D eigenvalue weighted by Crippen LogP contribution is -2.33. The normalized spacial score (nSPS) is 11.7. The molecule has 0 saturated carbocycles. The number of Topliss-reactive ketones (excluding diaryl/α,β-unsaturated/α-hetero) is 1. The first-order valence-corrected chi connectivity index (χ1v) is 21.8. The highest BCUT2D eigenvalue weighted by atomic mass is 16.5. The molecule has 1 aromatic carbocycles. The third kappa shape index (κ3) is 30.9. The van der Waals surface area contributed by atoms with Crippen LogP contribution in [0.1, 0.15) is 212 Å². The Morgan fingerprint density at radius 3 is 1.47 bits per heavy atom. The molecule has 0 aliphatic carbocycles. The van der Waals surface area contributed by atoms with Gasteiger partial charge in [0.2, 0.25) is 5.91 Å². The van der Waals surface area contributed by atoms with Crippen LogP contribution in [-0.2, 0) is 20.9 Å². The summed E-state index contributed by atoms with van der Waals surface area (Å²) in [5, 5.41) is 5.96. The SMILES string of the molecule is CCCCCCCCCCCCCCCCCC(=O)C[C@@H](CCCCNC(=O)OCc1ccccc1)C(=O)NCCCCCCCCCCCC. The first kappa shape index (κ1) is 46.7. The molecule has 6 nitrogen and oxygen atoms in total. The summed E-state index contributed by atoms with van der Waals surface area (Å²) in [5.41, 5.74) is 0.952. The minimum absolute atomic E-state index is 0.0194. The number of nitrogens with one attached hydrogen (secondary N) is 2. The molecule has 0 aliphatic heterocycles. The zero-order valence-corrected chi connectivity index (χ0v) is 33.4. The molecule has 0 aliphatic rings. The first-order valence-electron chi connectivity index (χ1n) is 21.8.